The van der Waals surface area contributed by atoms with Gasteiger partial charge in [0.25, 0.3) is 5.91 Å². The fraction of sp³-hybridized carbons (Fsp3) is 0.368. The first kappa shape index (κ1) is 19.3. The van der Waals surface area contributed by atoms with Crippen LogP contribution in [0.4, 0.5) is 17.6 Å². The monoisotopic (exact) mass is 382 g/mol. The molecule has 1 N–H and O–H groups in total. The van der Waals surface area contributed by atoms with Crippen LogP contribution in [0.1, 0.15) is 46.2 Å². The molecule has 1 aliphatic rings. The molecule has 2 heterocycles. The molecule has 0 spiro atoms. The van der Waals surface area contributed by atoms with Gasteiger partial charge in [-0.1, -0.05) is 12.1 Å². The molecule has 27 heavy (non-hydrogen) atoms. The summed E-state index contributed by atoms with van der Waals surface area (Å²) in [5.41, 5.74) is -0.361. The quantitative estimate of drug-likeness (QED) is 0.807. The summed E-state index contributed by atoms with van der Waals surface area (Å²) in [6, 6.07) is 7.03. The van der Waals surface area contributed by atoms with Crippen LogP contribution in [-0.4, -0.2) is 23.6 Å². The highest BCUT2D eigenvalue weighted by Crippen LogP contribution is 2.30. The fourth-order valence-corrected chi connectivity index (χ4v) is 3.10. The molecule has 1 amide bonds. The largest absolute Gasteiger partial charge is 0.433 e. The van der Waals surface area contributed by atoms with Gasteiger partial charge in [0, 0.05) is 6.61 Å². The normalized spacial score (nSPS) is 18.3. The Morgan fingerprint density at radius 2 is 1.93 bits per heavy atom. The average molecular weight is 382 g/mol. The van der Waals surface area contributed by atoms with Gasteiger partial charge in [0.15, 0.2) is 0 Å². The van der Waals surface area contributed by atoms with Gasteiger partial charge < -0.3 is 10.1 Å². The van der Waals surface area contributed by atoms with Crippen molar-refractivity contribution in [1.82, 2.24) is 10.3 Å². The Morgan fingerprint density at radius 1 is 1.22 bits per heavy atom. The second-order valence-electron chi connectivity index (χ2n) is 6.38. The van der Waals surface area contributed by atoms with Crippen molar-refractivity contribution in [2.45, 2.75) is 38.1 Å². The molecule has 0 bridgehead atoms. The minimum atomic E-state index is -4.58. The van der Waals surface area contributed by atoms with Crippen LogP contribution in [0.2, 0.25) is 0 Å². The van der Waals surface area contributed by atoms with E-state index in [4.69, 9.17) is 4.74 Å². The highest BCUT2D eigenvalue weighted by molar-refractivity contribution is 5.95. The van der Waals surface area contributed by atoms with E-state index in [1.165, 1.54) is 19.1 Å². The summed E-state index contributed by atoms with van der Waals surface area (Å²) in [5, 5.41) is 2.80. The Bertz CT molecular complexity index is 815. The molecule has 1 fully saturated rings. The highest BCUT2D eigenvalue weighted by atomic mass is 19.4. The highest BCUT2D eigenvalue weighted by Gasteiger charge is 2.34. The Hall–Kier alpha value is -2.48. The standard InChI is InChI=1S/C19H18F4N2O2/c1-11-14(8-9-16(24-11)19(21,22)23)18(26)25-17(15-3-2-10-27-15)12-4-6-13(20)7-5-12/h4-9,15,17H,2-3,10H2,1H3,(H,25,26)/t15-,17+/m1/s1. The van der Waals surface area contributed by atoms with Crippen molar-refractivity contribution in [3.63, 3.8) is 0 Å². The van der Waals surface area contributed by atoms with Gasteiger partial charge in [-0.15, -0.1) is 0 Å². The van der Waals surface area contributed by atoms with E-state index >= 15 is 0 Å². The molecule has 2 atom stereocenters. The lowest BCUT2D eigenvalue weighted by Gasteiger charge is -2.25. The third kappa shape index (κ3) is 4.44. The van der Waals surface area contributed by atoms with Gasteiger partial charge in [0.05, 0.1) is 23.4 Å². The van der Waals surface area contributed by atoms with Gasteiger partial charge in [0.2, 0.25) is 0 Å². The number of pyridine rings is 1. The van der Waals surface area contributed by atoms with Gasteiger partial charge in [-0.05, 0) is 49.6 Å². The maximum absolute atomic E-state index is 13.2. The van der Waals surface area contributed by atoms with Crippen LogP contribution in [0.25, 0.3) is 0 Å². The number of ether oxygens (including phenoxy) is 1. The first-order valence-electron chi connectivity index (χ1n) is 8.48. The Morgan fingerprint density at radius 3 is 2.48 bits per heavy atom. The molecule has 1 aromatic carbocycles. The average Bonchev–Trinajstić information content (AvgIpc) is 3.14. The van der Waals surface area contributed by atoms with Crippen LogP contribution in [0.3, 0.4) is 0 Å². The molecule has 1 aliphatic heterocycles. The second kappa shape index (κ2) is 7.64. The van der Waals surface area contributed by atoms with Gasteiger partial charge >= 0.3 is 6.18 Å². The summed E-state index contributed by atoms with van der Waals surface area (Å²) in [7, 11) is 0. The molecule has 0 radical (unpaired) electrons. The fourth-order valence-electron chi connectivity index (χ4n) is 3.10. The number of aryl methyl sites for hydroxylation is 1. The number of carbonyl (C=O) groups is 1. The molecule has 144 valence electrons. The van der Waals surface area contributed by atoms with Crippen LogP contribution >= 0.6 is 0 Å². The third-order valence-electron chi connectivity index (χ3n) is 4.47. The van der Waals surface area contributed by atoms with Gasteiger partial charge in [0.1, 0.15) is 11.5 Å². The maximum Gasteiger partial charge on any atom is 0.433 e. The number of halogens is 4. The number of rotatable bonds is 4. The lowest BCUT2D eigenvalue weighted by molar-refractivity contribution is -0.141. The Balaban J connectivity index is 1.85. The SMILES string of the molecule is Cc1nc(C(F)(F)F)ccc1C(=O)N[C@@H](c1ccc(F)cc1)[C@H]1CCCO1. The second-order valence-corrected chi connectivity index (χ2v) is 6.38. The molecule has 0 aliphatic carbocycles. The molecule has 8 heteroatoms. The van der Waals surface area contributed by atoms with Gasteiger partial charge in [-0.25, -0.2) is 9.37 Å². The van der Waals surface area contributed by atoms with E-state index in [1.54, 1.807) is 12.1 Å². The summed E-state index contributed by atoms with van der Waals surface area (Å²) >= 11 is 0. The Labute approximate surface area is 153 Å². The summed E-state index contributed by atoms with van der Waals surface area (Å²) < 4.78 is 57.2. The zero-order valence-electron chi connectivity index (χ0n) is 14.5. The number of carbonyl (C=O) groups excluding carboxylic acids is 1. The number of alkyl halides is 3. The summed E-state index contributed by atoms with van der Waals surface area (Å²) in [6.45, 7) is 1.90. The van der Waals surface area contributed by atoms with Gasteiger partial charge in [-0.2, -0.15) is 13.2 Å². The number of amides is 1. The smallest absolute Gasteiger partial charge is 0.376 e. The first-order chi connectivity index (χ1) is 12.8. The first-order valence-corrected chi connectivity index (χ1v) is 8.48. The maximum atomic E-state index is 13.2. The number of nitrogens with zero attached hydrogens (tertiary/aromatic N) is 1. The van der Waals surface area contributed by atoms with Crippen molar-refractivity contribution in [3.05, 3.63) is 64.7 Å². The predicted molar refractivity (Wildman–Crippen MR) is 89.6 cm³/mol. The van der Waals surface area contributed by atoms with Crippen LogP contribution < -0.4 is 5.32 Å². The molecule has 1 saturated heterocycles. The minimum Gasteiger partial charge on any atom is -0.376 e. The van der Waals surface area contributed by atoms with Gasteiger partial charge in [-0.3, -0.25) is 4.79 Å². The van der Waals surface area contributed by atoms with Crippen LogP contribution in [0, 0.1) is 12.7 Å². The summed E-state index contributed by atoms with van der Waals surface area (Å²) in [4.78, 5) is 16.2. The topological polar surface area (TPSA) is 51.2 Å². The molecule has 0 unspecified atom stereocenters. The van der Waals surface area contributed by atoms with Crippen molar-refractivity contribution < 1.29 is 27.1 Å². The van der Waals surface area contributed by atoms with Crippen molar-refractivity contribution in [2.75, 3.05) is 6.61 Å². The van der Waals surface area contributed by atoms with E-state index in [-0.39, 0.29) is 17.4 Å². The number of hydrogen-bond acceptors (Lipinski definition) is 3. The van der Waals surface area contributed by atoms with E-state index < -0.39 is 29.6 Å². The van der Waals surface area contributed by atoms with Crippen molar-refractivity contribution in [1.29, 1.82) is 0 Å². The third-order valence-corrected chi connectivity index (χ3v) is 4.47. The van der Waals surface area contributed by atoms with Crippen LogP contribution in [0.5, 0.6) is 0 Å². The molecule has 2 aromatic rings. The molecule has 4 nitrogen and oxygen atoms in total. The van der Waals surface area contributed by atoms with Crippen LogP contribution in [-0.2, 0) is 10.9 Å². The van der Waals surface area contributed by atoms with E-state index in [0.717, 1.165) is 18.6 Å². The van der Waals surface area contributed by atoms with Crippen molar-refractivity contribution >= 4 is 5.91 Å². The van der Waals surface area contributed by atoms with Crippen LogP contribution in [0.15, 0.2) is 36.4 Å². The number of nitrogens with one attached hydrogen (secondary N) is 1. The van der Waals surface area contributed by atoms with E-state index in [1.807, 2.05) is 0 Å². The number of hydrogen-bond donors (Lipinski definition) is 1. The zero-order valence-corrected chi connectivity index (χ0v) is 14.5. The van der Waals surface area contributed by atoms with Crippen molar-refractivity contribution in [2.24, 2.45) is 0 Å². The zero-order chi connectivity index (χ0) is 19.6. The molecule has 1 aromatic heterocycles. The lowest BCUT2D eigenvalue weighted by Crippen LogP contribution is -2.36. The molecule has 3 rings (SSSR count). The molecular weight excluding hydrogens is 364 g/mol. The predicted octanol–water partition coefficient (Wildman–Crippen LogP) is 4.20. The summed E-state index contributed by atoms with van der Waals surface area (Å²) in [5.74, 6) is -0.961. The summed E-state index contributed by atoms with van der Waals surface area (Å²) in [6.07, 6.45) is -3.32. The van der Waals surface area contributed by atoms with E-state index in [9.17, 15) is 22.4 Å². The molecular formula is C19H18F4N2O2. The Kier molecular flexibility index (Phi) is 5.46. The number of benzene rings is 1. The minimum absolute atomic E-state index is 0.0208. The lowest BCUT2D eigenvalue weighted by atomic mass is 9.98. The van der Waals surface area contributed by atoms with E-state index in [2.05, 4.69) is 10.3 Å². The molecule has 0 saturated carbocycles. The van der Waals surface area contributed by atoms with E-state index in [0.29, 0.717) is 18.6 Å². The number of aromatic nitrogens is 1. The van der Waals surface area contributed by atoms with Crippen molar-refractivity contribution in [3.8, 4) is 0 Å².